The summed E-state index contributed by atoms with van der Waals surface area (Å²) in [6.45, 7) is 1.76. The number of benzene rings is 1. The first kappa shape index (κ1) is 9.27. The molecule has 0 spiro atoms. The maximum absolute atomic E-state index is 10.7. The lowest BCUT2D eigenvalue weighted by atomic mass is 10.2. The molecule has 0 saturated heterocycles. The molecule has 0 unspecified atom stereocenters. The molecule has 0 aliphatic rings. The SMILES string of the molecule is CC(=O)CNc1ccccc1C#N. The van der Waals surface area contributed by atoms with E-state index in [2.05, 4.69) is 5.32 Å². The average molecular weight is 174 g/mol. The van der Waals surface area contributed by atoms with Gasteiger partial charge in [0.15, 0.2) is 0 Å². The van der Waals surface area contributed by atoms with Gasteiger partial charge in [0.25, 0.3) is 0 Å². The van der Waals surface area contributed by atoms with E-state index in [0.29, 0.717) is 11.3 Å². The van der Waals surface area contributed by atoms with Crippen LogP contribution in [-0.4, -0.2) is 12.3 Å². The van der Waals surface area contributed by atoms with Crippen molar-refractivity contribution in [1.29, 1.82) is 5.26 Å². The van der Waals surface area contributed by atoms with Crippen molar-refractivity contribution < 1.29 is 4.79 Å². The number of Topliss-reactive ketones (excluding diaryl/α,β-unsaturated/α-hetero) is 1. The van der Waals surface area contributed by atoms with Crippen molar-refractivity contribution in [2.24, 2.45) is 0 Å². The molecule has 0 aromatic heterocycles. The third kappa shape index (κ3) is 2.60. The maximum atomic E-state index is 10.7. The Labute approximate surface area is 77.0 Å². The Morgan fingerprint density at radius 2 is 2.23 bits per heavy atom. The molecule has 0 bridgehead atoms. The second kappa shape index (κ2) is 4.27. The molecule has 0 fully saturated rings. The van der Waals surface area contributed by atoms with Crippen LogP contribution in [0.3, 0.4) is 0 Å². The normalized spacial score (nSPS) is 8.92. The number of hydrogen-bond acceptors (Lipinski definition) is 3. The number of nitrogens with zero attached hydrogens (tertiary/aromatic N) is 1. The molecule has 3 heteroatoms. The van der Waals surface area contributed by atoms with Crippen LogP contribution in [0.25, 0.3) is 0 Å². The minimum absolute atomic E-state index is 0.0488. The summed E-state index contributed by atoms with van der Waals surface area (Å²) in [5.74, 6) is 0.0488. The number of ketones is 1. The van der Waals surface area contributed by atoms with Gasteiger partial charge in [0.05, 0.1) is 17.8 Å². The van der Waals surface area contributed by atoms with Crippen LogP contribution in [0.5, 0.6) is 0 Å². The Bertz CT molecular complexity index is 352. The first-order chi connectivity index (χ1) is 6.24. The summed E-state index contributed by atoms with van der Waals surface area (Å²) in [6.07, 6.45) is 0. The molecule has 3 nitrogen and oxygen atoms in total. The third-order valence-corrected chi connectivity index (χ3v) is 1.58. The van der Waals surface area contributed by atoms with Crippen molar-refractivity contribution in [2.45, 2.75) is 6.92 Å². The zero-order valence-corrected chi connectivity index (χ0v) is 7.37. The standard InChI is InChI=1S/C10H10N2O/c1-8(13)7-12-10-5-3-2-4-9(10)6-11/h2-5,12H,7H2,1H3. The van der Waals surface area contributed by atoms with Crippen LogP contribution in [0.2, 0.25) is 0 Å². The van der Waals surface area contributed by atoms with Gasteiger partial charge in [0.1, 0.15) is 11.9 Å². The summed E-state index contributed by atoms with van der Waals surface area (Å²) in [5, 5.41) is 11.6. The zero-order valence-electron chi connectivity index (χ0n) is 7.37. The van der Waals surface area contributed by atoms with Gasteiger partial charge in [-0.15, -0.1) is 0 Å². The fraction of sp³-hybridized carbons (Fsp3) is 0.200. The molecule has 1 rings (SSSR count). The van der Waals surface area contributed by atoms with E-state index in [-0.39, 0.29) is 12.3 Å². The molecule has 1 aromatic carbocycles. The molecular weight excluding hydrogens is 164 g/mol. The van der Waals surface area contributed by atoms with E-state index in [1.165, 1.54) is 6.92 Å². The first-order valence-corrected chi connectivity index (χ1v) is 3.96. The number of hydrogen-bond donors (Lipinski definition) is 1. The average Bonchev–Trinajstić information content (AvgIpc) is 2.15. The van der Waals surface area contributed by atoms with Crippen molar-refractivity contribution >= 4 is 11.5 Å². The highest BCUT2D eigenvalue weighted by atomic mass is 16.1. The smallest absolute Gasteiger partial charge is 0.148 e. The molecule has 0 aliphatic carbocycles. The number of nitrogens with one attached hydrogen (secondary N) is 1. The fourth-order valence-corrected chi connectivity index (χ4v) is 0.954. The molecule has 1 aromatic rings. The largest absolute Gasteiger partial charge is 0.377 e. The predicted octanol–water partition coefficient (Wildman–Crippen LogP) is 1.56. The summed E-state index contributed by atoms with van der Waals surface area (Å²) in [7, 11) is 0. The van der Waals surface area contributed by atoms with Crippen molar-refractivity contribution in [2.75, 3.05) is 11.9 Å². The second-order valence-electron chi connectivity index (χ2n) is 2.71. The van der Waals surface area contributed by atoms with E-state index in [4.69, 9.17) is 5.26 Å². The van der Waals surface area contributed by atoms with E-state index in [0.717, 1.165) is 0 Å². The molecule has 66 valence electrons. The van der Waals surface area contributed by atoms with Gasteiger partial charge in [-0.1, -0.05) is 12.1 Å². The van der Waals surface area contributed by atoms with E-state index in [9.17, 15) is 4.79 Å². The van der Waals surface area contributed by atoms with Gasteiger partial charge in [-0.05, 0) is 19.1 Å². The van der Waals surface area contributed by atoms with E-state index >= 15 is 0 Å². The second-order valence-corrected chi connectivity index (χ2v) is 2.71. The van der Waals surface area contributed by atoms with Crippen LogP contribution in [0.1, 0.15) is 12.5 Å². The highest BCUT2D eigenvalue weighted by molar-refractivity contribution is 5.80. The number of nitriles is 1. The lowest BCUT2D eigenvalue weighted by molar-refractivity contribution is -0.115. The van der Waals surface area contributed by atoms with Gasteiger partial charge >= 0.3 is 0 Å². The van der Waals surface area contributed by atoms with Gasteiger partial charge in [0.2, 0.25) is 0 Å². The van der Waals surface area contributed by atoms with Crippen molar-refractivity contribution in [3.63, 3.8) is 0 Å². The van der Waals surface area contributed by atoms with Crippen LogP contribution < -0.4 is 5.32 Å². The van der Waals surface area contributed by atoms with Crippen LogP contribution >= 0.6 is 0 Å². The molecule has 13 heavy (non-hydrogen) atoms. The molecule has 0 aliphatic heterocycles. The van der Waals surface area contributed by atoms with Crippen LogP contribution in [-0.2, 0) is 4.79 Å². The van der Waals surface area contributed by atoms with Gasteiger partial charge < -0.3 is 5.32 Å². The topological polar surface area (TPSA) is 52.9 Å². The zero-order chi connectivity index (χ0) is 9.68. The van der Waals surface area contributed by atoms with Crippen molar-refractivity contribution in [3.8, 4) is 6.07 Å². The Hall–Kier alpha value is -1.82. The molecule has 0 atom stereocenters. The van der Waals surface area contributed by atoms with E-state index < -0.39 is 0 Å². The number of carbonyl (C=O) groups excluding carboxylic acids is 1. The number of rotatable bonds is 3. The quantitative estimate of drug-likeness (QED) is 0.756. The Kier molecular flexibility index (Phi) is 3.04. The summed E-state index contributed by atoms with van der Waals surface area (Å²) in [4.78, 5) is 10.7. The molecule has 1 N–H and O–H groups in total. The monoisotopic (exact) mass is 174 g/mol. The first-order valence-electron chi connectivity index (χ1n) is 3.96. The molecule has 0 radical (unpaired) electrons. The van der Waals surface area contributed by atoms with E-state index in [1.807, 2.05) is 12.1 Å². The van der Waals surface area contributed by atoms with Gasteiger partial charge in [-0.2, -0.15) is 5.26 Å². The summed E-state index contributed by atoms with van der Waals surface area (Å²) in [6, 6.07) is 9.15. The Morgan fingerprint density at radius 1 is 1.54 bits per heavy atom. The van der Waals surface area contributed by atoms with Gasteiger partial charge in [-0.25, -0.2) is 0 Å². The maximum Gasteiger partial charge on any atom is 0.148 e. The van der Waals surface area contributed by atoms with Crippen LogP contribution in [0.15, 0.2) is 24.3 Å². The van der Waals surface area contributed by atoms with Crippen LogP contribution in [0, 0.1) is 11.3 Å². The Balaban J connectivity index is 2.77. The highest BCUT2D eigenvalue weighted by Crippen LogP contribution is 2.12. The van der Waals surface area contributed by atoms with Crippen molar-refractivity contribution in [1.82, 2.24) is 0 Å². The number of carbonyl (C=O) groups is 1. The summed E-state index contributed by atoms with van der Waals surface area (Å²) < 4.78 is 0. The van der Waals surface area contributed by atoms with Crippen LogP contribution in [0.4, 0.5) is 5.69 Å². The lowest BCUT2D eigenvalue weighted by Gasteiger charge is -2.04. The van der Waals surface area contributed by atoms with Gasteiger partial charge in [0, 0.05) is 0 Å². The fourth-order valence-electron chi connectivity index (χ4n) is 0.954. The molecular formula is C10H10N2O. The minimum Gasteiger partial charge on any atom is -0.377 e. The lowest BCUT2D eigenvalue weighted by Crippen LogP contribution is -2.10. The highest BCUT2D eigenvalue weighted by Gasteiger charge is 1.99. The predicted molar refractivity (Wildman–Crippen MR) is 50.3 cm³/mol. The minimum atomic E-state index is 0.0488. The number of para-hydroxylation sites is 1. The molecule has 0 saturated carbocycles. The third-order valence-electron chi connectivity index (χ3n) is 1.58. The van der Waals surface area contributed by atoms with E-state index in [1.54, 1.807) is 18.2 Å². The number of anilines is 1. The summed E-state index contributed by atoms with van der Waals surface area (Å²) >= 11 is 0. The van der Waals surface area contributed by atoms with Gasteiger partial charge in [-0.3, -0.25) is 4.79 Å². The summed E-state index contributed by atoms with van der Waals surface area (Å²) in [5.41, 5.74) is 1.27. The molecule has 0 amide bonds. The Morgan fingerprint density at radius 3 is 2.85 bits per heavy atom. The van der Waals surface area contributed by atoms with Crippen molar-refractivity contribution in [3.05, 3.63) is 29.8 Å². The molecule has 0 heterocycles.